The summed E-state index contributed by atoms with van der Waals surface area (Å²) in [4.78, 5) is 22.5. The maximum Gasteiger partial charge on any atom is 0.351 e. The van der Waals surface area contributed by atoms with E-state index in [2.05, 4.69) is 4.98 Å². The number of nitrogens with one attached hydrogen (secondary N) is 1. The first-order chi connectivity index (χ1) is 5.52. The number of H-pyrrole nitrogens is 1. The van der Waals surface area contributed by atoms with Crippen LogP contribution in [0.2, 0.25) is 10.3 Å². The average molecular weight is 209 g/mol. The number of hydrogen-bond acceptors (Lipinski definition) is 3. The second kappa shape index (κ2) is 3.12. The molecule has 7 heteroatoms. The van der Waals surface area contributed by atoms with E-state index in [-0.39, 0.29) is 10.3 Å². The number of aromatic nitrogens is 1. The van der Waals surface area contributed by atoms with Gasteiger partial charge in [-0.15, -0.1) is 0 Å². The Kier molecular flexibility index (Phi) is 2.35. The van der Waals surface area contributed by atoms with Gasteiger partial charge in [0.25, 0.3) is 5.43 Å². The van der Waals surface area contributed by atoms with Gasteiger partial charge in [0, 0.05) is 6.07 Å². The van der Waals surface area contributed by atoms with Crippen molar-refractivity contribution in [2.24, 2.45) is 0 Å². The van der Waals surface area contributed by atoms with Crippen LogP contribution in [0.4, 0.5) is 5.69 Å². The summed E-state index contributed by atoms with van der Waals surface area (Å²) in [6, 6.07) is 0.894. The molecule has 0 amide bonds. The zero-order valence-electron chi connectivity index (χ0n) is 5.51. The number of nitro groups is 1. The topological polar surface area (TPSA) is 76.0 Å². The number of nitrogens with zero attached hydrogens (tertiary/aromatic N) is 1. The highest BCUT2D eigenvalue weighted by Crippen LogP contribution is 2.18. The zero-order chi connectivity index (χ0) is 9.30. The van der Waals surface area contributed by atoms with Crippen molar-refractivity contribution < 1.29 is 4.92 Å². The minimum absolute atomic E-state index is 0.0319. The molecule has 0 aliphatic rings. The highest BCUT2D eigenvalue weighted by Gasteiger charge is 2.18. The first kappa shape index (κ1) is 9.02. The molecule has 64 valence electrons. The second-order valence-electron chi connectivity index (χ2n) is 1.90. The van der Waals surface area contributed by atoms with E-state index in [0.717, 1.165) is 6.07 Å². The highest BCUT2D eigenvalue weighted by molar-refractivity contribution is 6.33. The van der Waals surface area contributed by atoms with E-state index in [1.807, 2.05) is 0 Å². The van der Waals surface area contributed by atoms with Crippen LogP contribution in [0.5, 0.6) is 0 Å². The molecule has 0 saturated carbocycles. The maximum absolute atomic E-state index is 10.9. The monoisotopic (exact) mass is 208 g/mol. The van der Waals surface area contributed by atoms with Crippen LogP contribution in [-0.4, -0.2) is 9.91 Å². The summed E-state index contributed by atoms with van der Waals surface area (Å²) < 4.78 is 0. The van der Waals surface area contributed by atoms with Gasteiger partial charge in [-0.05, 0) is 0 Å². The Hall–Kier alpha value is -1.07. The number of rotatable bonds is 1. The third-order valence-corrected chi connectivity index (χ3v) is 1.59. The third-order valence-electron chi connectivity index (χ3n) is 1.11. The van der Waals surface area contributed by atoms with Gasteiger partial charge in [0.1, 0.15) is 5.15 Å². The molecule has 0 unspecified atom stereocenters. The Morgan fingerprint density at radius 1 is 1.50 bits per heavy atom. The predicted molar refractivity (Wildman–Crippen MR) is 43.7 cm³/mol. The molecular weight excluding hydrogens is 207 g/mol. The fraction of sp³-hybridized carbons (Fsp3) is 0. The maximum atomic E-state index is 10.9. The van der Waals surface area contributed by atoms with Crippen molar-refractivity contribution >= 4 is 28.9 Å². The lowest BCUT2D eigenvalue weighted by Gasteiger charge is -1.94. The summed E-state index contributed by atoms with van der Waals surface area (Å²) in [6.45, 7) is 0. The first-order valence-corrected chi connectivity index (χ1v) is 3.50. The van der Waals surface area contributed by atoms with E-state index in [0.29, 0.717) is 0 Å². The fourth-order valence-corrected chi connectivity index (χ4v) is 1.17. The van der Waals surface area contributed by atoms with Gasteiger partial charge in [0.15, 0.2) is 5.15 Å². The number of pyridine rings is 1. The van der Waals surface area contributed by atoms with Crippen LogP contribution < -0.4 is 5.43 Å². The van der Waals surface area contributed by atoms with Gasteiger partial charge in [-0.25, -0.2) is 0 Å². The minimum Gasteiger partial charge on any atom is -0.331 e. The van der Waals surface area contributed by atoms with Crippen molar-refractivity contribution in [1.29, 1.82) is 0 Å². The third kappa shape index (κ3) is 1.57. The standard InChI is InChI=1S/C5H2Cl2N2O3/c6-3-1-2(10)4(9(11)12)5(7)8-3/h1H,(H,8,10). The molecule has 0 radical (unpaired) electrons. The van der Waals surface area contributed by atoms with Gasteiger partial charge in [-0.1, -0.05) is 23.2 Å². The SMILES string of the molecule is O=c1cc(Cl)[nH]c(Cl)c1[N+](=O)[O-]. The van der Waals surface area contributed by atoms with E-state index < -0.39 is 16.0 Å². The molecule has 1 rings (SSSR count). The van der Waals surface area contributed by atoms with Gasteiger partial charge in [-0.3, -0.25) is 14.9 Å². The molecule has 0 aromatic carbocycles. The molecule has 0 aliphatic heterocycles. The molecular formula is C5H2Cl2N2O3. The molecule has 1 aromatic rings. The van der Waals surface area contributed by atoms with Crippen LogP contribution in [-0.2, 0) is 0 Å². The molecule has 0 fully saturated rings. The molecule has 5 nitrogen and oxygen atoms in total. The average Bonchev–Trinajstić information content (AvgIpc) is 1.82. The van der Waals surface area contributed by atoms with Gasteiger partial charge in [0.2, 0.25) is 0 Å². The fourth-order valence-electron chi connectivity index (χ4n) is 0.662. The Morgan fingerprint density at radius 2 is 2.08 bits per heavy atom. The molecule has 0 bridgehead atoms. The Morgan fingerprint density at radius 3 is 2.50 bits per heavy atom. The van der Waals surface area contributed by atoms with E-state index >= 15 is 0 Å². The molecule has 0 aliphatic carbocycles. The van der Waals surface area contributed by atoms with E-state index in [9.17, 15) is 14.9 Å². The van der Waals surface area contributed by atoms with Crippen LogP contribution >= 0.6 is 23.2 Å². The smallest absolute Gasteiger partial charge is 0.331 e. The minimum atomic E-state index is -0.864. The van der Waals surface area contributed by atoms with E-state index in [1.165, 1.54) is 0 Å². The van der Waals surface area contributed by atoms with E-state index in [1.54, 1.807) is 0 Å². The van der Waals surface area contributed by atoms with Crippen LogP contribution in [0, 0.1) is 10.1 Å². The van der Waals surface area contributed by atoms with Crippen molar-refractivity contribution in [3.05, 3.63) is 36.7 Å². The van der Waals surface area contributed by atoms with Crippen molar-refractivity contribution in [2.45, 2.75) is 0 Å². The van der Waals surface area contributed by atoms with Crippen molar-refractivity contribution in [1.82, 2.24) is 4.98 Å². The van der Waals surface area contributed by atoms with Gasteiger partial charge in [0.05, 0.1) is 4.92 Å². The largest absolute Gasteiger partial charge is 0.351 e. The lowest BCUT2D eigenvalue weighted by Crippen LogP contribution is -2.08. The summed E-state index contributed by atoms with van der Waals surface area (Å²) in [5, 5.41) is 9.82. The molecule has 12 heavy (non-hydrogen) atoms. The molecule has 1 heterocycles. The summed E-state index contributed by atoms with van der Waals surface area (Å²) in [5.74, 6) is 0. The quantitative estimate of drug-likeness (QED) is 0.433. The molecule has 0 spiro atoms. The predicted octanol–water partition coefficient (Wildman–Crippen LogP) is 1.59. The lowest BCUT2D eigenvalue weighted by molar-refractivity contribution is -0.386. The van der Waals surface area contributed by atoms with Crippen molar-refractivity contribution in [3.8, 4) is 0 Å². The van der Waals surface area contributed by atoms with Gasteiger partial charge >= 0.3 is 5.69 Å². The molecule has 1 N–H and O–H groups in total. The number of aromatic amines is 1. The Balaban J connectivity index is 3.49. The molecule has 1 aromatic heterocycles. The Labute approximate surface area is 76.1 Å². The second-order valence-corrected chi connectivity index (χ2v) is 2.69. The van der Waals surface area contributed by atoms with Gasteiger partial charge < -0.3 is 4.98 Å². The first-order valence-electron chi connectivity index (χ1n) is 2.75. The van der Waals surface area contributed by atoms with Gasteiger partial charge in [-0.2, -0.15) is 0 Å². The van der Waals surface area contributed by atoms with E-state index in [4.69, 9.17) is 23.2 Å². The molecule has 0 saturated heterocycles. The zero-order valence-corrected chi connectivity index (χ0v) is 7.02. The highest BCUT2D eigenvalue weighted by atomic mass is 35.5. The molecule has 0 atom stereocenters. The summed E-state index contributed by atoms with van der Waals surface area (Å²) in [6.07, 6.45) is 0. The lowest BCUT2D eigenvalue weighted by atomic mass is 10.4. The number of halogens is 2. The van der Waals surface area contributed by atoms with Crippen LogP contribution in [0.1, 0.15) is 0 Å². The Bertz CT molecular complexity index is 387. The normalized spacial score (nSPS) is 9.83. The summed E-state index contributed by atoms with van der Waals surface area (Å²) in [7, 11) is 0. The summed E-state index contributed by atoms with van der Waals surface area (Å²) >= 11 is 10.7. The summed E-state index contributed by atoms with van der Waals surface area (Å²) in [5.41, 5.74) is -1.50. The number of hydrogen-bond donors (Lipinski definition) is 1. The van der Waals surface area contributed by atoms with Crippen LogP contribution in [0.15, 0.2) is 10.9 Å². The van der Waals surface area contributed by atoms with Crippen LogP contribution in [0.3, 0.4) is 0 Å². The van der Waals surface area contributed by atoms with Crippen LogP contribution in [0.25, 0.3) is 0 Å². The van der Waals surface area contributed by atoms with Crippen molar-refractivity contribution in [2.75, 3.05) is 0 Å². The van der Waals surface area contributed by atoms with Crippen molar-refractivity contribution in [3.63, 3.8) is 0 Å².